The fourth-order valence-corrected chi connectivity index (χ4v) is 4.72. The molecule has 2 fully saturated rings. The third-order valence-electron chi connectivity index (χ3n) is 5.03. The van der Waals surface area contributed by atoms with Crippen LogP contribution in [0.15, 0.2) is 12.1 Å². The summed E-state index contributed by atoms with van der Waals surface area (Å²) in [7, 11) is 4.21. The number of amides is 2. The molecular weight excluding hydrogens is 284 g/mol. The standard InChI is InChI=1S/C15H20N4OS/c1-19(2)15(12-4-3-11(9-16)21-12)7-5-14(6-8-15)10-17-13(20)18-14/h3-4H,5-8,10H2,1-2H3,(H2,17,18,20). The third-order valence-corrected chi connectivity index (χ3v) is 6.21. The van der Waals surface area contributed by atoms with E-state index in [4.69, 9.17) is 5.26 Å². The molecule has 1 spiro atoms. The molecule has 2 heterocycles. The molecular formula is C15H20N4OS. The Morgan fingerprint density at radius 1 is 1.29 bits per heavy atom. The summed E-state index contributed by atoms with van der Waals surface area (Å²) in [6.45, 7) is 0.725. The summed E-state index contributed by atoms with van der Waals surface area (Å²) in [5.74, 6) is 0. The highest BCUT2D eigenvalue weighted by Gasteiger charge is 2.48. The predicted molar refractivity (Wildman–Crippen MR) is 82.1 cm³/mol. The van der Waals surface area contributed by atoms with Crippen LogP contribution in [0.25, 0.3) is 0 Å². The van der Waals surface area contributed by atoms with Gasteiger partial charge in [-0.25, -0.2) is 4.79 Å². The van der Waals surface area contributed by atoms with Crippen LogP contribution in [0.4, 0.5) is 4.79 Å². The topological polar surface area (TPSA) is 68.2 Å². The smallest absolute Gasteiger partial charge is 0.315 e. The molecule has 0 unspecified atom stereocenters. The van der Waals surface area contributed by atoms with Gasteiger partial charge in [0.15, 0.2) is 0 Å². The monoisotopic (exact) mass is 304 g/mol. The predicted octanol–water partition coefficient (Wildman–Crippen LogP) is 2.00. The van der Waals surface area contributed by atoms with Gasteiger partial charge < -0.3 is 10.6 Å². The summed E-state index contributed by atoms with van der Waals surface area (Å²) in [5, 5.41) is 15.0. The number of nitrogens with zero attached hydrogens (tertiary/aromatic N) is 2. The molecule has 0 radical (unpaired) electrons. The van der Waals surface area contributed by atoms with Crippen LogP contribution in [0.3, 0.4) is 0 Å². The Morgan fingerprint density at radius 3 is 2.48 bits per heavy atom. The summed E-state index contributed by atoms with van der Waals surface area (Å²) in [4.78, 5) is 15.8. The lowest BCUT2D eigenvalue weighted by Crippen LogP contribution is -2.53. The molecule has 1 saturated carbocycles. The molecule has 0 aromatic carbocycles. The van der Waals surface area contributed by atoms with Gasteiger partial charge in [-0.2, -0.15) is 5.26 Å². The van der Waals surface area contributed by atoms with Gasteiger partial charge in [0, 0.05) is 11.4 Å². The Morgan fingerprint density at radius 2 is 2.00 bits per heavy atom. The highest BCUT2D eigenvalue weighted by molar-refractivity contribution is 7.12. The maximum Gasteiger partial charge on any atom is 0.315 e. The van der Waals surface area contributed by atoms with Crippen molar-refractivity contribution in [3.05, 3.63) is 21.9 Å². The van der Waals surface area contributed by atoms with Gasteiger partial charge in [-0.1, -0.05) is 0 Å². The normalized spacial score (nSPS) is 32.0. The summed E-state index contributed by atoms with van der Waals surface area (Å²) in [6.07, 6.45) is 3.91. The van der Waals surface area contributed by atoms with E-state index in [1.165, 1.54) is 4.88 Å². The summed E-state index contributed by atoms with van der Waals surface area (Å²) >= 11 is 1.59. The molecule has 112 valence electrons. The zero-order chi connectivity index (χ0) is 15.1. The van der Waals surface area contributed by atoms with Crippen molar-refractivity contribution < 1.29 is 4.79 Å². The number of carbonyl (C=O) groups is 1. The van der Waals surface area contributed by atoms with E-state index in [0.717, 1.165) is 37.1 Å². The second-order valence-corrected chi connectivity index (χ2v) is 7.37. The molecule has 1 aliphatic carbocycles. The first-order valence-corrected chi connectivity index (χ1v) is 8.05. The van der Waals surface area contributed by atoms with Gasteiger partial charge in [0.2, 0.25) is 0 Å². The lowest BCUT2D eigenvalue weighted by atomic mass is 9.71. The molecule has 1 saturated heterocycles. The number of urea groups is 1. The first-order chi connectivity index (χ1) is 10.00. The van der Waals surface area contributed by atoms with Crippen molar-refractivity contribution in [2.75, 3.05) is 20.6 Å². The molecule has 2 amide bonds. The number of carbonyl (C=O) groups excluding carboxylic acids is 1. The van der Waals surface area contributed by atoms with Gasteiger partial charge in [-0.3, -0.25) is 4.90 Å². The van der Waals surface area contributed by atoms with Gasteiger partial charge >= 0.3 is 6.03 Å². The molecule has 2 N–H and O–H groups in total. The van der Waals surface area contributed by atoms with Crippen molar-refractivity contribution >= 4 is 17.4 Å². The quantitative estimate of drug-likeness (QED) is 0.878. The Hall–Kier alpha value is -1.58. The van der Waals surface area contributed by atoms with Crippen LogP contribution >= 0.6 is 11.3 Å². The number of thiophene rings is 1. The summed E-state index contributed by atoms with van der Waals surface area (Å²) in [5.41, 5.74) is -0.0930. The van der Waals surface area contributed by atoms with Crippen LogP contribution in [-0.4, -0.2) is 37.1 Å². The molecule has 0 atom stereocenters. The van der Waals surface area contributed by atoms with Crippen LogP contribution in [0.5, 0.6) is 0 Å². The second-order valence-electron chi connectivity index (χ2n) is 6.29. The molecule has 5 nitrogen and oxygen atoms in total. The Bertz CT molecular complexity index is 593. The van der Waals surface area contributed by atoms with E-state index in [0.29, 0.717) is 0 Å². The minimum atomic E-state index is -0.0775. The van der Waals surface area contributed by atoms with Gasteiger partial charge in [-0.05, 0) is 51.9 Å². The van der Waals surface area contributed by atoms with E-state index in [1.807, 2.05) is 6.07 Å². The fraction of sp³-hybridized carbons (Fsp3) is 0.600. The lowest BCUT2D eigenvalue weighted by Gasteiger charge is -2.47. The second kappa shape index (κ2) is 5.00. The van der Waals surface area contributed by atoms with Crippen molar-refractivity contribution in [3.8, 4) is 6.07 Å². The van der Waals surface area contributed by atoms with Gasteiger partial charge in [-0.15, -0.1) is 11.3 Å². The fourth-order valence-electron chi connectivity index (χ4n) is 3.58. The van der Waals surface area contributed by atoms with E-state index in [1.54, 1.807) is 11.3 Å². The lowest BCUT2D eigenvalue weighted by molar-refractivity contribution is 0.0684. The highest BCUT2D eigenvalue weighted by Crippen LogP contribution is 2.47. The number of hydrogen-bond acceptors (Lipinski definition) is 4. The summed E-state index contributed by atoms with van der Waals surface area (Å²) < 4.78 is 0. The molecule has 21 heavy (non-hydrogen) atoms. The van der Waals surface area contributed by atoms with Gasteiger partial charge in [0.05, 0.1) is 11.1 Å². The van der Waals surface area contributed by atoms with E-state index in [-0.39, 0.29) is 17.1 Å². The largest absolute Gasteiger partial charge is 0.336 e. The molecule has 3 rings (SSSR count). The van der Waals surface area contributed by atoms with Crippen molar-refractivity contribution in [2.45, 2.75) is 36.8 Å². The van der Waals surface area contributed by atoms with Crippen LogP contribution in [0.2, 0.25) is 0 Å². The van der Waals surface area contributed by atoms with Gasteiger partial charge in [0.25, 0.3) is 0 Å². The minimum absolute atomic E-state index is 0.0155. The highest BCUT2D eigenvalue weighted by atomic mass is 32.1. The van der Waals surface area contributed by atoms with E-state index in [9.17, 15) is 4.79 Å². The third kappa shape index (κ3) is 2.30. The first-order valence-electron chi connectivity index (χ1n) is 7.24. The van der Waals surface area contributed by atoms with Crippen LogP contribution < -0.4 is 10.6 Å². The van der Waals surface area contributed by atoms with Crippen molar-refractivity contribution in [3.63, 3.8) is 0 Å². The molecule has 1 aromatic rings. The molecule has 1 aromatic heterocycles. The molecule has 6 heteroatoms. The Labute approximate surface area is 128 Å². The van der Waals surface area contributed by atoms with E-state index >= 15 is 0 Å². The number of nitriles is 1. The number of nitrogens with one attached hydrogen (secondary N) is 2. The van der Waals surface area contributed by atoms with Crippen molar-refractivity contribution in [1.29, 1.82) is 5.26 Å². The van der Waals surface area contributed by atoms with Crippen molar-refractivity contribution in [1.82, 2.24) is 15.5 Å². The van der Waals surface area contributed by atoms with Crippen LogP contribution in [0, 0.1) is 11.3 Å². The number of rotatable bonds is 2. The van der Waals surface area contributed by atoms with E-state index in [2.05, 4.69) is 41.8 Å². The maximum atomic E-state index is 11.5. The van der Waals surface area contributed by atoms with Crippen molar-refractivity contribution in [2.24, 2.45) is 0 Å². The van der Waals surface area contributed by atoms with Crippen LogP contribution in [-0.2, 0) is 5.54 Å². The average Bonchev–Trinajstić information content (AvgIpc) is 3.08. The van der Waals surface area contributed by atoms with E-state index < -0.39 is 0 Å². The minimum Gasteiger partial charge on any atom is -0.336 e. The Balaban J connectivity index is 1.85. The molecule has 0 bridgehead atoms. The Kier molecular flexibility index (Phi) is 3.42. The maximum absolute atomic E-state index is 11.5. The number of hydrogen-bond donors (Lipinski definition) is 2. The first kappa shape index (κ1) is 14.4. The zero-order valence-electron chi connectivity index (χ0n) is 12.4. The molecule has 1 aliphatic heterocycles. The van der Waals surface area contributed by atoms with Gasteiger partial charge in [0.1, 0.15) is 10.9 Å². The zero-order valence-corrected chi connectivity index (χ0v) is 13.2. The SMILES string of the molecule is CN(C)C1(c2ccc(C#N)s2)CCC2(CC1)CNC(=O)N2. The summed E-state index contributed by atoms with van der Waals surface area (Å²) in [6, 6.07) is 6.19. The average molecular weight is 304 g/mol. The van der Waals surface area contributed by atoms with Crippen LogP contribution in [0.1, 0.15) is 35.4 Å². The molecule has 2 aliphatic rings.